The normalized spacial score (nSPS) is 17.6. The third-order valence-corrected chi connectivity index (χ3v) is 6.59. The van der Waals surface area contributed by atoms with E-state index in [1.165, 1.54) is 50.7 Å². The van der Waals surface area contributed by atoms with Crippen molar-refractivity contribution in [2.75, 3.05) is 36.4 Å². The molecule has 7 heteroatoms. The first kappa shape index (κ1) is 20.9. The van der Waals surface area contributed by atoms with Gasteiger partial charge in [0.25, 0.3) is 5.91 Å². The zero-order valence-electron chi connectivity index (χ0n) is 18.8. The highest BCUT2D eigenvalue weighted by Gasteiger charge is 2.26. The third-order valence-electron chi connectivity index (χ3n) is 6.59. The lowest BCUT2D eigenvalue weighted by atomic mass is 10.1. The third kappa shape index (κ3) is 4.35. The molecule has 5 rings (SSSR count). The summed E-state index contributed by atoms with van der Waals surface area (Å²) in [5.41, 5.74) is 3.05. The van der Waals surface area contributed by atoms with E-state index in [1.54, 1.807) is 0 Å². The summed E-state index contributed by atoms with van der Waals surface area (Å²) in [5, 5.41) is 3.77. The number of piperidine rings is 2. The van der Waals surface area contributed by atoms with E-state index in [9.17, 15) is 4.79 Å². The molecule has 1 amide bonds. The number of nitrogens with zero attached hydrogens (tertiary/aromatic N) is 4. The Hall–Kier alpha value is -2.93. The van der Waals surface area contributed by atoms with Crippen LogP contribution in [0.15, 0.2) is 35.0 Å². The molecule has 2 fully saturated rings. The number of nitrogens with one attached hydrogen (secondary N) is 1. The Morgan fingerprint density at radius 3 is 2.38 bits per heavy atom. The van der Waals surface area contributed by atoms with Gasteiger partial charge in [-0.1, -0.05) is 18.6 Å². The van der Waals surface area contributed by atoms with Crippen molar-refractivity contribution in [1.82, 2.24) is 14.9 Å². The largest absolute Gasteiger partial charge is 0.442 e. The summed E-state index contributed by atoms with van der Waals surface area (Å²) in [6.07, 6.45) is 8.94. The van der Waals surface area contributed by atoms with Crippen LogP contribution in [0.4, 0.5) is 11.5 Å². The maximum absolute atomic E-state index is 13.3. The highest BCUT2D eigenvalue weighted by Crippen LogP contribution is 2.33. The smallest absolute Gasteiger partial charge is 0.260 e. The molecule has 3 aromatic rings. The van der Waals surface area contributed by atoms with Gasteiger partial charge in [-0.3, -0.25) is 9.69 Å². The average molecular weight is 434 g/mol. The van der Waals surface area contributed by atoms with E-state index < -0.39 is 0 Å². The molecule has 2 aliphatic heterocycles. The number of rotatable bonds is 5. The van der Waals surface area contributed by atoms with Gasteiger partial charge in [0.2, 0.25) is 5.71 Å². The Morgan fingerprint density at radius 2 is 1.66 bits per heavy atom. The highest BCUT2D eigenvalue weighted by molar-refractivity contribution is 6.15. The van der Waals surface area contributed by atoms with Gasteiger partial charge >= 0.3 is 0 Å². The first-order chi connectivity index (χ1) is 15.7. The van der Waals surface area contributed by atoms with Gasteiger partial charge < -0.3 is 14.6 Å². The van der Waals surface area contributed by atoms with Gasteiger partial charge in [0.1, 0.15) is 17.9 Å². The molecule has 0 aliphatic carbocycles. The Bertz CT molecular complexity index is 1080. The van der Waals surface area contributed by atoms with Crippen LogP contribution in [0.1, 0.15) is 60.2 Å². The molecule has 0 atom stereocenters. The summed E-state index contributed by atoms with van der Waals surface area (Å²) >= 11 is 0. The minimum absolute atomic E-state index is 0.182. The number of fused-ring (bicyclic) bond motifs is 1. The summed E-state index contributed by atoms with van der Waals surface area (Å²) in [4.78, 5) is 26.9. The molecule has 2 saturated heterocycles. The van der Waals surface area contributed by atoms with Gasteiger partial charge in [0.15, 0.2) is 0 Å². The second-order valence-corrected chi connectivity index (χ2v) is 8.95. The summed E-state index contributed by atoms with van der Waals surface area (Å²) in [6.45, 7) is 7.01. The van der Waals surface area contributed by atoms with Crippen molar-refractivity contribution in [2.24, 2.45) is 0 Å². The van der Waals surface area contributed by atoms with Gasteiger partial charge in [-0.2, -0.15) is 0 Å². The molecular formula is C25H31N5O2. The first-order valence-corrected chi connectivity index (χ1v) is 11.8. The number of benzene rings is 1. The number of hydrogen-bond donors (Lipinski definition) is 1. The van der Waals surface area contributed by atoms with Gasteiger partial charge in [-0.05, 0) is 69.8 Å². The van der Waals surface area contributed by atoms with Crippen molar-refractivity contribution in [3.63, 3.8) is 0 Å². The van der Waals surface area contributed by atoms with Crippen LogP contribution in [0.25, 0.3) is 11.1 Å². The fraction of sp³-hybridized carbons (Fsp3) is 0.480. The second-order valence-electron chi connectivity index (χ2n) is 8.95. The predicted molar refractivity (Wildman–Crippen MR) is 126 cm³/mol. The lowest BCUT2D eigenvalue weighted by Crippen LogP contribution is -2.30. The number of amides is 1. The topological polar surface area (TPSA) is 74.5 Å². The van der Waals surface area contributed by atoms with Crippen LogP contribution in [0.3, 0.4) is 0 Å². The van der Waals surface area contributed by atoms with E-state index >= 15 is 0 Å². The Kier molecular flexibility index (Phi) is 6.08. The fourth-order valence-corrected chi connectivity index (χ4v) is 4.91. The molecule has 1 N–H and O–H groups in total. The second kappa shape index (κ2) is 9.28. The van der Waals surface area contributed by atoms with Gasteiger partial charge in [0, 0.05) is 25.3 Å². The SMILES string of the molecule is Cc1oc2ncnc(N3CCCCC3)c2c1C(=O)Nc1ccc(CN2CCCCC2)cc1. The maximum Gasteiger partial charge on any atom is 0.260 e. The molecule has 7 nitrogen and oxygen atoms in total. The number of carbonyl (C=O) groups excluding carboxylic acids is 1. The Labute approximate surface area is 188 Å². The monoisotopic (exact) mass is 433 g/mol. The molecule has 0 radical (unpaired) electrons. The molecule has 32 heavy (non-hydrogen) atoms. The van der Waals surface area contributed by atoms with Crippen LogP contribution in [0.2, 0.25) is 0 Å². The molecule has 1 aromatic carbocycles. The van der Waals surface area contributed by atoms with Gasteiger partial charge in [-0.15, -0.1) is 0 Å². The van der Waals surface area contributed by atoms with E-state index in [1.807, 2.05) is 19.1 Å². The molecule has 2 aromatic heterocycles. The summed E-state index contributed by atoms with van der Waals surface area (Å²) < 4.78 is 5.85. The van der Waals surface area contributed by atoms with Crippen LogP contribution in [-0.4, -0.2) is 47.0 Å². The minimum Gasteiger partial charge on any atom is -0.442 e. The molecular weight excluding hydrogens is 402 g/mol. The number of anilines is 2. The van der Waals surface area contributed by atoms with Crippen molar-refractivity contribution in [3.8, 4) is 0 Å². The lowest BCUT2D eigenvalue weighted by molar-refractivity contribution is 0.102. The minimum atomic E-state index is -0.182. The molecule has 0 bridgehead atoms. The molecule has 0 unspecified atom stereocenters. The van der Waals surface area contributed by atoms with E-state index in [4.69, 9.17) is 4.42 Å². The number of carbonyl (C=O) groups is 1. The van der Waals surface area contributed by atoms with Gasteiger partial charge in [-0.25, -0.2) is 9.97 Å². The zero-order valence-corrected chi connectivity index (χ0v) is 18.8. The number of furan rings is 1. The van der Waals surface area contributed by atoms with Crippen molar-refractivity contribution < 1.29 is 9.21 Å². The van der Waals surface area contributed by atoms with Crippen LogP contribution in [-0.2, 0) is 6.54 Å². The van der Waals surface area contributed by atoms with Gasteiger partial charge in [0.05, 0.1) is 10.9 Å². The summed E-state index contributed by atoms with van der Waals surface area (Å²) in [6, 6.07) is 8.17. The van der Waals surface area contributed by atoms with E-state index in [0.29, 0.717) is 22.4 Å². The van der Waals surface area contributed by atoms with Crippen LogP contribution in [0.5, 0.6) is 0 Å². The zero-order chi connectivity index (χ0) is 21.9. The highest BCUT2D eigenvalue weighted by atomic mass is 16.3. The van der Waals surface area contributed by atoms with Crippen molar-refractivity contribution in [1.29, 1.82) is 0 Å². The molecule has 168 valence electrons. The molecule has 4 heterocycles. The van der Waals surface area contributed by atoms with Crippen LogP contribution < -0.4 is 10.2 Å². The van der Waals surface area contributed by atoms with Crippen molar-refractivity contribution in [3.05, 3.63) is 47.5 Å². The fourth-order valence-electron chi connectivity index (χ4n) is 4.91. The molecule has 0 spiro atoms. The number of aromatic nitrogens is 2. The van der Waals surface area contributed by atoms with E-state index in [0.717, 1.165) is 44.0 Å². The number of aryl methyl sites for hydroxylation is 1. The average Bonchev–Trinajstić information content (AvgIpc) is 3.17. The van der Waals surface area contributed by atoms with Crippen molar-refractivity contribution in [2.45, 2.75) is 52.0 Å². The van der Waals surface area contributed by atoms with Crippen LogP contribution >= 0.6 is 0 Å². The standard InChI is InChI=1S/C25H31N5O2/c1-18-21(22-23(26-17-27-25(22)32-18)30-14-6-3-7-15-30)24(31)28-20-10-8-19(9-11-20)16-29-12-4-2-5-13-29/h8-11,17H,2-7,12-16H2,1H3,(H,28,31). The first-order valence-electron chi connectivity index (χ1n) is 11.8. The Morgan fingerprint density at radius 1 is 0.969 bits per heavy atom. The lowest BCUT2D eigenvalue weighted by Gasteiger charge is -2.28. The molecule has 2 aliphatic rings. The predicted octanol–water partition coefficient (Wildman–Crippen LogP) is 4.76. The number of hydrogen-bond acceptors (Lipinski definition) is 6. The van der Waals surface area contributed by atoms with Crippen LogP contribution in [0, 0.1) is 6.92 Å². The maximum atomic E-state index is 13.3. The van der Waals surface area contributed by atoms with Crippen molar-refractivity contribution >= 4 is 28.5 Å². The van der Waals surface area contributed by atoms with E-state index in [-0.39, 0.29) is 5.91 Å². The summed E-state index contributed by atoms with van der Waals surface area (Å²) in [5.74, 6) is 1.18. The number of likely N-dealkylation sites (tertiary alicyclic amines) is 1. The molecule has 0 saturated carbocycles. The quantitative estimate of drug-likeness (QED) is 0.625. The van der Waals surface area contributed by atoms with E-state index in [2.05, 4.69) is 37.2 Å². The Balaban J connectivity index is 1.36. The summed E-state index contributed by atoms with van der Waals surface area (Å²) in [7, 11) is 0.